The van der Waals surface area contributed by atoms with Gasteiger partial charge in [0.1, 0.15) is 0 Å². The van der Waals surface area contributed by atoms with E-state index in [9.17, 15) is 0 Å². The predicted molar refractivity (Wildman–Crippen MR) is 83.5 cm³/mol. The molecule has 0 aromatic heterocycles. The molecule has 1 aromatic rings. The highest BCUT2D eigenvalue weighted by molar-refractivity contribution is 5.78. The van der Waals surface area contributed by atoms with E-state index < -0.39 is 0 Å². The largest absolute Gasteiger partial charge is 0.370 e. The molecule has 1 rings (SSSR count). The first-order valence-electron chi connectivity index (χ1n) is 6.56. The second kappa shape index (κ2) is 6.41. The molecule has 0 saturated heterocycles. The molecule has 0 unspecified atom stereocenters. The monoisotopic (exact) mass is 259 g/mol. The van der Waals surface area contributed by atoms with Gasteiger partial charge >= 0.3 is 0 Å². The summed E-state index contributed by atoms with van der Waals surface area (Å²) in [6.45, 7) is 13.5. The minimum atomic E-state index is -0.0246. The summed E-state index contributed by atoms with van der Waals surface area (Å²) in [7, 11) is 0. The second-order valence-corrected chi connectivity index (χ2v) is 5.76. The lowest BCUT2D eigenvalue weighted by Crippen LogP contribution is -2.34. The van der Waals surface area contributed by atoms with Crippen molar-refractivity contribution in [3.63, 3.8) is 0 Å². The molecule has 19 heavy (non-hydrogen) atoms. The molecule has 0 fully saturated rings. The van der Waals surface area contributed by atoms with Crippen LogP contribution >= 0.6 is 0 Å². The normalized spacial score (nSPS) is 12.3. The lowest BCUT2D eigenvalue weighted by Gasteiger charge is -2.23. The number of hydrogen-bond donors (Lipinski definition) is 2. The number of nitrogens with one attached hydrogen (secondary N) is 1. The smallest absolute Gasteiger partial charge is 0.188 e. The van der Waals surface area contributed by atoms with Crippen LogP contribution in [0.25, 0.3) is 0 Å². The first kappa shape index (κ1) is 15.3. The molecule has 104 valence electrons. The van der Waals surface area contributed by atoms with Gasteiger partial charge in [-0.05, 0) is 19.4 Å². The molecule has 3 N–H and O–H groups in total. The van der Waals surface area contributed by atoms with Gasteiger partial charge in [-0.15, -0.1) is 0 Å². The van der Waals surface area contributed by atoms with Crippen LogP contribution in [0.3, 0.4) is 0 Å². The number of nitrogens with zero attached hydrogens (tertiary/aromatic N) is 1. The van der Waals surface area contributed by atoms with E-state index in [1.807, 2.05) is 6.92 Å². The Morgan fingerprint density at radius 2 is 1.89 bits per heavy atom. The Balaban J connectivity index is 2.66. The maximum absolute atomic E-state index is 5.83. The number of nitrogens with two attached hydrogens (primary N) is 1. The summed E-state index contributed by atoms with van der Waals surface area (Å²) >= 11 is 0. The van der Waals surface area contributed by atoms with Crippen LogP contribution in [-0.2, 0) is 5.41 Å². The van der Waals surface area contributed by atoms with E-state index in [0.717, 1.165) is 5.57 Å². The maximum atomic E-state index is 5.83. The average molecular weight is 259 g/mol. The summed E-state index contributed by atoms with van der Waals surface area (Å²) in [5.74, 6) is 0.475. The third-order valence-corrected chi connectivity index (χ3v) is 3.05. The Bertz CT molecular complexity index is 455. The van der Waals surface area contributed by atoms with Crippen LogP contribution in [0, 0.1) is 6.92 Å². The fraction of sp³-hybridized carbons (Fsp3) is 0.438. The minimum absolute atomic E-state index is 0.0246. The van der Waals surface area contributed by atoms with Crippen molar-refractivity contribution in [1.29, 1.82) is 0 Å². The van der Waals surface area contributed by atoms with E-state index in [1.165, 1.54) is 11.1 Å². The SMILES string of the molecule is C=C(C)CNC(N)=NCC(C)(C)c1ccc(C)cc1. The Morgan fingerprint density at radius 3 is 2.42 bits per heavy atom. The summed E-state index contributed by atoms with van der Waals surface area (Å²) in [4.78, 5) is 4.41. The zero-order valence-corrected chi connectivity index (χ0v) is 12.5. The molecule has 0 heterocycles. The Labute approximate surface area is 116 Å². The van der Waals surface area contributed by atoms with Gasteiger partial charge in [-0.3, -0.25) is 4.99 Å². The lowest BCUT2D eigenvalue weighted by molar-refractivity contribution is 0.539. The Hall–Kier alpha value is -1.77. The quantitative estimate of drug-likeness (QED) is 0.485. The fourth-order valence-electron chi connectivity index (χ4n) is 1.68. The molecular formula is C16H25N3. The summed E-state index contributed by atoms with van der Waals surface area (Å²) in [5, 5.41) is 3.04. The van der Waals surface area contributed by atoms with Gasteiger partial charge in [0.25, 0.3) is 0 Å². The zero-order valence-electron chi connectivity index (χ0n) is 12.5. The van der Waals surface area contributed by atoms with Crippen LogP contribution in [0.2, 0.25) is 0 Å². The number of aliphatic imine (C=N–C) groups is 1. The van der Waals surface area contributed by atoms with E-state index in [0.29, 0.717) is 19.0 Å². The highest BCUT2D eigenvalue weighted by Gasteiger charge is 2.19. The van der Waals surface area contributed by atoms with Gasteiger partial charge in [0.15, 0.2) is 5.96 Å². The lowest BCUT2D eigenvalue weighted by atomic mass is 9.84. The molecule has 0 amide bonds. The van der Waals surface area contributed by atoms with Crippen molar-refractivity contribution in [3.8, 4) is 0 Å². The van der Waals surface area contributed by atoms with E-state index in [1.54, 1.807) is 0 Å². The van der Waals surface area contributed by atoms with Crippen molar-refractivity contribution in [2.75, 3.05) is 13.1 Å². The summed E-state index contributed by atoms with van der Waals surface area (Å²) < 4.78 is 0. The molecule has 0 bridgehead atoms. The van der Waals surface area contributed by atoms with Crippen LogP contribution in [0.1, 0.15) is 31.9 Å². The molecule has 0 radical (unpaired) electrons. The highest BCUT2D eigenvalue weighted by Crippen LogP contribution is 2.23. The molecule has 0 aliphatic rings. The van der Waals surface area contributed by atoms with Gasteiger partial charge in [0.05, 0.1) is 6.54 Å². The molecule has 0 atom stereocenters. The third kappa shape index (κ3) is 5.16. The molecule has 3 nitrogen and oxygen atoms in total. The van der Waals surface area contributed by atoms with E-state index in [2.05, 4.69) is 61.9 Å². The number of hydrogen-bond acceptors (Lipinski definition) is 1. The van der Waals surface area contributed by atoms with Gasteiger partial charge < -0.3 is 11.1 Å². The number of benzene rings is 1. The van der Waals surface area contributed by atoms with Crippen molar-refractivity contribution in [2.45, 2.75) is 33.1 Å². The summed E-state index contributed by atoms with van der Waals surface area (Å²) in [6, 6.07) is 8.57. The molecule has 0 saturated carbocycles. The Morgan fingerprint density at radius 1 is 1.32 bits per heavy atom. The van der Waals surface area contributed by atoms with Gasteiger partial charge in [-0.2, -0.15) is 0 Å². The van der Waals surface area contributed by atoms with E-state index in [-0.39, 0.29) is 5.41 Å². The van der Waals surface area contributed by atoms with E-state index >= 15 is 0 Å². The molecule has 0 aliphatic carbocycles. The number of aryl methyl sites for hydroxylation is 1. The topological polar surface area (TPSA) is 50.4 Å². The molecule has 3 heteroatoms. The van der Waals surface area contributed by atoms with Crippen molar-refractivity contribution in [2.24, 2.45) is 10.7 Å². The van der Waals surface area contributed by atoms with Crippen LogP contribution in [0.4, 0.5) is 0 Å². The summed E-state index contributed by atoms with van der Waals surface area (Å²) in [5.41, 5.74) is 9.38. The van der Waals surface area contributed by atoms with Gasteiger partial charge in [0.2, 0.25) is 0 Å². The van der Waals surface area contributed by atoms with Crippen LogP contribution < -0.4 is 11.1 Å². The molecule has 0 aliphatic heterocycles. The Kier molecular flexibility index (Phi) is 5.16. The van der Waals surface area contributed by atoms with Crippen LogP contribution in [-0.4, -0.2) is 19.0 Å². The van der Waals surface area contributed by atoms with Crippen molar-refractivity contribution >= 4 is 5.96 Å². The molecule has 0 spiro atoms. The molecular weight excluding hydrogens is 234 g/mol. The van der Waals surface area contributed by atoms with Crippen molar-refractivity contribution < 1.29 is 0 Å². The number of guanidine groups is 1. The van der Waals surface area contributed by atoms with Gasteiger partial charge in [-0.25, -0.2) is 0 Å². The van der Waals surface area contributed by atoms with Gasteiger partial charge in [-0.1, -0.05) is 55.8 Å². The molecule has 1 aromatic carbocycles. The second-order valence-electron chi connectivity index (χ2n) is 5.76. The minimum Gasteiger partial charge on any atom is -0.370 e. The predicted octanol–water partition coefficient (Wildman–Crippen LogP) is 2.75. The average Bonchev–Trinajstić information content (AvgIpc) is 2.34. The van der Waals surface area contributed by atoms with Crippen molar-refractivity contribution in [1.82, 2.24) is 5.32 Å². The first-order chi connectivity index (χ1) is 8.81. The standard InChI is InChI=1S/C16H25N3/c1-12(2)10-18-15(17)19-11-16(4,5)14-8-6-13(3)7-9-14/h6-9H,1,10-11H2,2-5H3,(H3,17,18,19). The van der Waals surface area contributed by atoms with Crippen molar-refractivity contribution in [3.05, 3.63) is 47.5 Å². The highest BCUT2D eigenvalue weighted by atomic mass is 15.1. The van der Waals surface area contributed by atoms with Gasteiger partial charge in [0, 0.05) is 12.0 Å². The summed E-state index contributed by atoms with van der Waals surface area (Å²) in [6.07, 6.45) is 0. The fourth-order valence-corrected chi connectivity index (χ4v) is 1.68. The van der Waals surface area contributed by atoms with Crippen LogP contribution in [0.5, 0.6) is 0 Å². The zero-order chi connectivity index (χ0) is 14.5. The number of rotatable bonds is 5. The third-order valence-electron chi connectivity index (χ3n) is 3.05. The van der Waals surface area contributed by atoms with Crippen LogP contribution in [0.15, 0.2) is 41.4 Å². The first-order valence-corrected chi connectivity index (χ1v) is 6.56. The van der Waals surface area contributed by atoms with E-state index in [4.69, 9.17) is 5.73 Å². The maximum Gasteiger partial charge on any atom is 0.188 e.